The minimum absolute atomic E-state index is 0. The first-order valence-corrected chi connectivity index (χ1v) is 9.47. The predicted molar refractivity (Wildman–Crippen MR) is 123 cm³/mol. The number of nitrogens with zero attached hydrogens (tertiary/aromatic N) is 2. The maximum atomic E-state index is 11.8. The minimum atomic E-state index is -0.0310. The monoisotopic (exact) mass is 504 g/mol. The van der Waals surface area contributed by atoms with E-state index in [-0.39, 0.29) is 42.5 Å². The molecule has 0 aliphatic carbocycles. The molecule has 2 rings (SSSR count). The molecule has 158 valence electrons. The summed E-state index contributed by atoms with van der Waals surface area (Å²) in [6.45, 7) is 4.37. The first-order valence-electron chi connectivity index (χ1n) is 9.47. The molecule has 1 fully saturated rings. The van der Waals surface area contributed by atoms with Crippen LogP contribution >= 0.6 is 24.0 Å². The second-order valence-corrected chi connectivity index (χ2v) is 6.95. The van der Waals surface area contributed by atoms with Gasteiger partial charge in [-0.25, -0.2) is 4.99 Å². The van der Waals surface area contributed by atoms with Crippen molar-refractivity contribution in [2.45, 2.75) is 32.3 Å². The van der Waals surface area contributed by atoms with Crippen molar-refractivity contribution < 1.29 is 14.3 Å². The molecular weight excluding hydrogens is 471 g/mol. The number of aliphatic imine (C=N–C) groups is 1. The van der Waals surface area contributed by atoms with E-state index in [2.05, 4.69) is 33.8 Å². The number of ether oxygens (including phenoxy) is 2. The van der Waals surface area contributed by atoms with Gasteiger partial charge in [0, 0.05) is 33.8 Å². The molecule has 0 radical (unpaired) electrons. The molecule has 1 atom stereocenters. The average Bonchev–Trinajstić information content (AvgIpc) is 3.17. The molecule has 2 N–H and O–H groups in total. The van der Waals surface area contributed by atoms with Gasteiger partial charge in [-0.1, -0.05) is 12.1 Å². The van der Waals surface area contributed by atoms with Gasteiger partial charge in [0.15, 0.2) is 5.96 Å². The van der Waals surface area contributed by atoms with Crippen LogP contribution < -0.4 is 15.4 Å². The van der Waals surface area contributed by atoms with Crippen LogP contribution in [0.3, 0.4) is 0 Å². The largest absolute Gasteiger partial charge is 0.496 e. The van der Waals surface area contributed by atoms with Gasteiger partial charge in [0.2, 0.25) is 5.91 Å². The maximum absolute atomic E-state index is 11.8. The lowest BCUT2D eigenvalue weighted by Gasteiger charge is -2.16. The van der Waals surface area contributed by atoms with Crippen molar-refractivity contribution in [1.29, 1.82) is 0 Å². The molecule has 1 aliphatic heterocycles. The first kappa shape index (κ1) is 24.5. The normalized spacial score (nSPS) is 16.3. The summed E-state index contributed by atoms with van der Waals surface area (Å²) in [5.41, 5.74) is 2.31. The molecule has 8 heteroatoms. The number of hydrogen-bond donors (Lipinski definition) is 2. The highest BCUT2D eigenvalue weighted by atomic mass is 127. The van der Waals surface area contributed by atoms with Crippen LogP contribution in [0, 0.1) is 6.92 Å². The van der Waals surface area contributed by atoms with E-state index in [4.69, 9.17) is 9.47 Å². The lowest BCUT2D eigenvalue weighted by molar-refractivity contribution is -0.127. The first-order chi connectivity index (χ1) is 13.0. The van der Waals surface area contributed by atoms with E-state index in [0.29, 0.717) is 19.0 Å². The standard InChI is InChI=1S/C20H32N4O3.HI/c1-15-7-8-16(12-18(15)26-4)9-10-21-20(23-14-19(25)24(2)3)22-13-17-6-5-11-27-17;/h7-8,12,17H,5-6,9-11,13-14H2,1-4H3,(H2,21,22,23);1H. The highest BCUT2D eigenvalue weighted by Gasteiger charge is 2.15. The number of halogens is 1. The molecule has 1 aliphatic rings. The Morgan fingerprint density at radius 3 is 2.79 bits per heavy atom. The molecule has 0 aromatic heterocycles. The summed E-state index contributed by atoms with van der Waals surface area (Å²) in [5.74, 6) is 1.51. The van der Waals surface area contributed by atoms with Crippen LogP contribution in [-0.4, -0.2) is 70.3 Å². The van der Waals surface area contributed by atoms with Crippen molar-refractivity contribution >= 4 is 35.8 Å². The average molecular weight is 504 g/mol. The summed E-state index contributed by atoms with van der Waals surface area (Å²) >= 11 is 0. The number of hydrogen-bond acceptors (Lipinski definition) is 4. The fraction of sp³-hybridized carbons (Fsp3) is 0.600. The van der Waals surface area contributed by atoms with Crippen LogP contribution in [0.1, 0.15) is 24.0 Å². The smallest absolute Gasteiger partial charge is 0.243 e. The van der Waals surface area contributed by atoms with Gasteiger partial charge in [-0.05, 0) is 43.4 Å². The van der Waals surface area contributed by atoms with Crippen LogP contribution in [0.2, 0.25) is 0 Å². The molecule has 1 aromatic carbocycles. The number of benzene rings is 1. The quantitative estimate of drug-likeness (QED) is 0.322. The van der Waals surface area contributed by atoms with Crippen LogP contribution in [0.15, 0.2) is 23.2 Å². The fourth-order valence-corrected chi connectivity index (χ4v) is 2.82. The fourth-order valence-electron chi connectivity index (χ4n) is 2.82. The van der Waals surface area contributed by atoms with Gasteiger partial charge < -0.3 is 25.0 Å². The van der Waals surface area contributed by atoms with Gasteiger partial charge in [-0.2, -0.15) is 0 Å². The third-order valence-corrected chi connectivity index (χ3v) is 4.57. The number of carbonyl (C=O) groups is 1. The number of guanidine groups is 1. The van der Waals surface area contributed by atoms with Crippen molar-refractivity contribution in [3.8, 4) is 5.75 Å². The van der Waals surface area contributed by atoms with Crippen LogP contribution in [-0.2, 0) is 16.0 Å². The van der Waals surface area contributed by atoms with Crippen molar-refractivity contribution in [3.63, 3.8) is 0 Å². The lowest BCUT2D eigenvalue weighted by atomic mass is 10.1. The van der Waals surface area contributed by atoms with Crippen molar-refractivity contribution in [2.24, 2.45) is 4.99 Å². The van der Waals surface area contributed by atoms with E-state index in [1.54, 1.807) is 26.1 Å². The van der Waals surface area contributed by atoms with Gasteiger partial charge in [-0.15, -0.1) is 24.0 Å². The molecule has 0 spiro atoms. The number of likely N-dealkylation sites (N-methyl/N-ethyl adjacent to an activating group) is 1. The molecule has 1 heterocycles. The Hall–Kier alpha value is -1.55. The topological polar surface area (TPSA) is 75.2 Å². The molecule has 1 aromatic rings. The number of methoxy groups -OCH3 is 1. The van der Waals surface area contributed by atoms with Gasteiger partial charge in [0.1, 0.15) is 12.3 Å². The zero-order valence-corrected chi connectivity index (χ0v) is 19.6. The van der Waals surface area contributed by atoms with Gasteiger partial charge in [0.25, 0.3) is 0 Å². The molecule has 0 bridgehead atoms. The number of rotatable bonds is 8. The van der Waals surface area contributed by atoms with Crippen LogP contribution in [0.25, 0.3) is 0 Å². The van der Waals surface area contributed by atoms with Crippen molar-refractivity contribution in [2.75, 3.05) is 47.4 Å². The zero-order chi connectivity index (χ0) is 19.6. The van der Waals surface area contributed by atoms with E-state index in [9.17, 15) is 4.79 Å². The molecule has 1 saturated heterocycles. The Morgan fingerprint density at radius 2 is 2.14 bits per heavy atom. The third-order valence-electron chi connectivity index (χ3n) is 4.57. The highest BCUT2D eigenvalue weighted by Crippen LogP contribution is 2.19. The van der Waals surface area contributed by atoms with Crippen molar-refractivity contribution in [3.05, 3.63) is 29.3 Å². The van der Waals surface area contributed by atoms with E-state index in [1.165, 1.54) is 5.56 Å². The SMILES string of the molecule is COc1cc(CCNC(=NCC(=O)N(C)C)NCC2CCCO2)ccc1C.I. The minimum Gasteiger partial charge on any atom is -0.496 e. The van der Waals surface area contributed by atoms with Crippen molar-refractivity contribution in [1.82, 2.24) is 15.5 Å². The molecule has 28 heavy (non-hydrogen) atoms. The lowest BCUT2D eigenvalue weighted by Crippen LogP contribution is -2.42. The Labute approximate surface area is 185 Å². The van der Waals surface area contributed by atoms with Gasteiger partial charge in [0.05, 0.1) is 13.2 Å². The predicted octanol–water partition coefficient (Wildman–Crippen LogP) is 1.97. The third kappa shape index (κ3) is 8.22. The summed E-state index contributed by atoms with van der Waals surface area (Å²) in [6, 6.07) is 6.23. The van der Waals surface area contributed by atoms with Crippen LogP contribution in [0.4, 0.5) is 0 Å². The van der Waals surface area contributed by atoms with Crippen LogP contribution in [0.5, 0.6) is 5.75 Å². The Kier molecular flexibility index (Phi) is 11.2. The maximum Gasteiger partial charge on any atom is 0.243 e. The number of amides is 1. The Bertz CT molecular complexity index is 646. The highest BCUT2D eigenvalue weighted by molar-refractivity contribution is 14.0. The van der Waals surface area contributed by atoms with E-state index < -0.39 is 0 Å². The molecular formula is C20H33IN4O3. The van der Waals surface area contributed by atoms with Gasteiger partial charge in [-0.3, -0.25) is 4.79 Å². The molecule has 1 amide bonds. The summed E-state index contributed by atoms with van der Waals surface area (Å²) in [6.07, 6.45) is 3.20. The summed E-state index contributed by atoms with van der Waals surface area (Å²) in [4.78, 5) is 17.8. The van der Waals surface area contributed by atoms with E-state index in [1.807, 2.05) is 6.92 Å². The summed E-state index contributed by atoms with van der Waals surface area (Å²) < 4.78 is 11.0. The second kappa shape index (κ2) is 12.8. The number of carbonyl (C=O) groups excluding carboxylic acids is 1. The van der Waals surface area contributed by atoms with E-state index >= 15 is 0 Å². The van der Waals surface area contributed by atoms with Gasteiger partial charge >= 0.3 is 0 Å². The number of nitrogens with one attached hydrogen (secondary N) is 2. The molecule has 7 nitrogen and oxygen atoms in total. The summed E-state index contributed by atoms with van der Waals surface area (Å²) in [7, 11) is 5.15. The zero-order valence-electron chi connectivity index (χ0n) is 17.3. The number of aryl methyl sites for hydroxylation is 1. The molecule has 0 saturated carbocycles. The van der Waals surface area contributed by atoms with E-state index in [0.717, 1.165) is 37.2 Å². The summed E-state index contributed by atoms with van der Waals surface area (Å²) in [5, 5.41) is 6.60. The second-order valence-electron chi connectivity index (χ2n) is 6.95. The molecule has 1 unspecified atom stereocenters. The Morgan fingerprint density at radius 1 is 1.36 bits per heavy atom. The Balaban J connectivity index is 0.00000392.